The summed E-state index contributed by atoms with van der Waals surface area (Å²) in [5.41, 5.74) is 6.75. The van der Waals surface area contributed by atoms with Crippen LogP contribution in [-0.2, 0) is 6.61 Å². The second-order valence-electron chi connectivity index (χ2n) is 4.10. The van der Waals surface area contributed by atoms with Crippen LogP contribution in [0.1, 0.15) is 15.9 Å². The lowest BCUT2D eigenvalue weighted by molar-refractivity contribution is 0.0692. The topological polar surface area (TPSA) is 72.6 Å². The molecule has 0 aromatic heterocycles. The second kappa shape index (κ2) is 5.92. The Morgan fingerprint density at radius 1 is 1.30 bits per heavy atom. The van der Waals surface area contributed by atoms with Gasteiger partial charge in [-0.1, -0.05) is 6.07 Å². The predicted molar refractivity (Wildman–Crippen MR) is 76.2 cm³/mol. The highest BCUT2D eigenvalue weighted by molar-refractivity contribution is 9.10. The van der Waals surface area contributed by atoms with E-state index in [2.05, 4.69) is 15.9 Å². The van der Waals surface area contributed by atoms with Gasteiger partial charge in [0.05, 0.1) is 4.47 Å². The average Bonchev–Trinajstić information content (AvgIpc) is 2.40. The van der Waals surface area contributed by atoms with Crippen LogP contribution < -0.4 is 10.5 Å². The Morgan fingerprint density at radius 3 is 2.70 bits per heavy atom. The van der Waals surface area contributed by atoms with Gasteiger partial charge in [0.15, 0.2) is 0 Å². The molecular formula is C14H11BrFNO3. The molecule has 0 amide bonds. The largest absolute Gasteiger partial charge is 0.488 e. The molecule has 0 bridgehead atoms. The van der Waals surface area contributed by atoms with Crippen molar-refractivity contribution in [2.45, 2.75) is 6.61 Å². The summed E-state index contributed by atoms with van der Waals surface area (Å²) in [7, 11) is 0. The van der Waals surface area contributed by atoms with E-state index in [0.717, 1.165) is 0 Å². The maximum atomic E-state index is 13.1. The van der Waals surface area contributed by atoms with E-state index in [1.807, 2.05) is 0 Å². The van der Waals surface area contributed by atoms with Crippen LogP contribution in [0.2, 0.25) is 0 Å². The van der Waals surface area contributed by atoms with E-state index in [9.17, 15) is 9.18 Å². The van der Waals surface area contributed by atoms with Gasteiger partial charge in [0.25, 0.3) is 0 Å². The monoisotopic (exact) mass is 339 g/mol. The van der Waals surface area contributed by atoms with Crippen LogP contribution in [0, 0.1) is 5.82 Å². The van der Waals surface area contributed by atoms with E-state index in [1.54, 1.807) is 12.1 Å². The third kappa shape index (κ3) is 3.27. The first-order valence-electron chi connectivity index (χ1n) is 5.67. The molecule has 0 spiro atoms. The lowest BCUT2D eigenvalue weighted by atomic mass is 10.2. The fourth-order valence-electron chi connectivity index (χ4n) is 1.63. The van der Waals surface area contributed by atoms with Crippen LogP contribution >= 0.6 is 15.9 Å². The first kappa shape index (κ1) is 14.3. The zero-order chi connectivity index (χ0) is 14.7. The van der Waals surface area contributed by atoms with Crippen molar-refractivity contribution < 1.29 is 19.0 Å². The van der Waals surface area contributed by atoms with Gasteiger partial charge < -0.3 is 15.6 Å². The molecule has 0 radical (unpaired) electrons. The number of aromatic carboxylic acids is 1. The summed E-state index contributed by atoms with van der Waals surface area (Å²) in [4.78, 5) is 11.1. The minimum absolute atomic E-state index is 0.0281. The zero-order valence-corrected chi connectivity index (χ0v) is 11.9. The standard InChI is InChI=1S/C14H11BrFNO3/c15-11-5-8(1-4-12(11)16)7-20-13-6-9(17)2-3-10(13)14(18)19/h1-6H,7,17H2,(H,18,19). The highest BCUT2D eigenvalue weighted by atomic mass is 79.9. The van der Waals surface area contributed by atoms with E-state index in [-0.39, 0.29) is 23.7 Å². The Hall–Kier alpha value is -2.08. The molecule has 20 heavy (non-hydrogen) atoms. The minimum atomic E-state index is -1.10. The summed E-state index contributed by atoms with van der Waals surface area (Å²) in [6, 6.07) is 8.76. The van der Waals surface area contributed by atoms with Crippen molar-refractivity contribution >= 4 is 27.6 Å². The summed E-state index contributed by atoms with van der Waals surface area (Å²) in [6.45, 7) is 0.114. The van der Waals surface area contributed by atoms with Gasteiger partial charge in [-0.05, 0) is 45.8 Å². The molecule has 2 rings (SSSR count). The molecule has 0 saturated carbocycles. The van der Waals surface area contributed by atoms with Crippen molar-refractivity contribution in [3.05, 3.63) is 57.8 Å². The molecule has 2 aromatic rings. The number of ether oxygens (including phenoxy) is 1. The van der Waals surface area contributed by atoms with Crippen LogP contribution in [0.3, 0.4) is 0 Å². The van der Waals surface area contributed by atoms with Gasteiger partial charge in [-0.3, -0.25) is 0 Å². The molecule has 6 heteroatoms. The number of nitrogens with two attached hydrogens (primary N) is 1. The number of halogens is 2. The normalized spacial score (nSPS) is 10.3. The van der Waals surface area contributed by atoms with Gasteiger partial charge in [-0.2, -0.15) is 0 Å². The van der Waals surface area contributed by atoms with Crippen molar-refractivity contribution in [2.75, 3.05) is 5.73 Å². The van der Waals surface area contributed by atoms with Gasteiger partial charge >= 0.3 is 5.97 Å². The van der Waals surface area contributed by atoms with Crippen molar-refractivity contribution in [1.29, 1.82) is 0 Å². The molecule has 0 heterocycles. The predicted octanol–water partition coefficient (Wildman–Crippen LogP) is 3.45. The summed E-state index contributed by atoms with van der Waals surface area (Å²) in [5.74, 6) is -1.29. The van der Waals surface area contributed by atoms with E-state index < -0.39 is 5.97 Å². The fourth-order valence-corrected chi connectivity index (χ4v) is 2.05. The van der Waals surface area contributed by atoms with E-state index in [4.69, 9.17) is 15.6 Å². The molecular weight excluding hydrogens is 329 g/mol. The molecule has 0 aliphatic rings. The Labute approximate surface area is 123 Å². The number of carboxylic acid groups (broad SMARTS) is 1. The lowest BCUT2D eigenvalue weighted by Gasteiger charge is -2.10. The summed E-state index contributed by atoms with van der Waals surface area (Å²) < 4.78 is 18.9. The lowest BCUT2D eigenvalue weighted by Crippen LogP contribution is -2.04. The molecule has 2 aromatic carbocycles. The van der Waals surface area contributed by atoms with Gasteiger partial charge in [0, 0.05) is 11.8 Å². The van der Waals surface area contributed by atoms with Crippen LogP contribution in [0.4, 0.5) is 10.1 Å². The van der Waals surface area contributed by atoms with Gasteiger partial charge in [-0.25, -0.2) is 9.18 Å². The smallest absolute Gasteiger partial charge is 0.339 e. The van der Waals surface area contributed by atoms with Gasteiger partial charge in [0.2, 0.25) is 0 Å². The summed E-state index contributed by atoms with van der Waals surface area (Å²) in [6.07, 6.45) is 0. The molecule has 0 aliphatic carbocycles. The quantitative estimate of drug-likeness (QED) is 0.837. The van der Waals surface area contributed by atoms with Gasteiger partial charge in [0.1, 0.15) is 23.7 Å². The molecule has 4 nitrogen and oxygen atoms in total. The zero-order valence-electron chi connectivity index (χ0n) is 10.3. The number of hydrogen-bond donors (Lipinski definition) is 2. The Kier molecular flexibility index (Phi) is 4.24. The number of anilines is 1. The maximum absolute atomic E-state index is 13.1. The minimum Gasteiger partial charge on any atom is -0.488 e. The molecule has 104 valence electrons. The Bertz CT molecular complexity index is 661. The van der Waals surface area contributed by atoms with Gasteiger partial charge in [-0.15, -0.1) is 0 Å². The summed E-state index contributed by atoms with van der Waals surface area (Å²) >= 11 is 3.08. The molecule has 0 fully saturated rings. The molecule has 0 unspecified atom stereocenters. The van der Waals surface area contributed by atoms with Crippen LogP contribution in [0.15, 0.2) is 40.9 Å². The number of hydrogen-bond acceptors (Lipinski definition) is 3. The Morgan fingerprint density at radius 2 is 2.05 bits per heavy atom. The summed E-state index contributed by atoms with van der Waals surface area (Å²) in [5, 5.41) is 9.06. The van der Waals surface area contributed by atoms with Crippen LogP contribution in [-0.4, -0.2) is 11.1 Å². The highest BCUT2D eigenvalue weighted by Crippen LogP contribution is 2.24. The number of rotatable bonds is 4. The first-order valence-corrected chi connectivity index (χ1v) is 6.46. The molecule has 3 N–H and O–H groups in total. The highest BCUT2D eigenvalue weighted by Gasteiger charge is 2.12. The number of benzene rings is 2. The van der Waals surface area contributed by atoms with Crippen molar-refractivity contribution in [2.24, 2.45) is 0 Å². The van der Waals surface area contributed by atoms with E-state index >= 15 is 0 Å². The van der Waals surface area contributed by atoms with E-state index in [1.165, 1.54) is 24.3 Å². The maximum Gasteiger partial charge on any atom is 0.339 e. The van der Waals surface area contributed by atoms with Crippen LogP contribution in [0.25, 0.3) is 0 Å². The van der Waals surface area contributed by atoms with Crippen molar-refractivity contribution in [3.63, 3.8) is 0 Å². The molecule has 0 atom stereocenters. The first-order chi connectivity index (χ1) is 9.47. The van der Waals surface area contributed by atoms with Crippen molar-refractivity contribution in [3.8, 4) is 5.75 Å². The third-order valence-corrected chi connectivity index (χ3v) is 3.22. The third-order valence-electron chi connectivity index (χ3n) is 2.61. The second-order valence-corrected chi connectivity index (χ2v) is 4.95. The fraction of sp³-hybridized carbons (Fsp3) is 0.0714. The van der Waals surface area contributed by atoms with E-state index in [0.29, 0.717) is 15.7 Å². The molecule has 0 aliphatic heterocycles. The molecule has 0 saturated heterocycles. The van der Waals surface area contributed by atoms with Crippen molar-refractivity contribution in [1.82, 2.24) is 0 Å². The average molecular weight is 340 g/mol. The van der Waals surface area contributed by atoms with Crippen LogP contribution in [0.5, 0.6) is 5.75 Å². The number of carboxylic acids is 1. The number of nitrogen functional groups attached to an aromatic ring is 1. The Balaban J connectivity index is 2.20. The SMILES string of the molecule is Nc1ccc(C(=O)O)c(OCc2ccc(F)c(Br)c2)c1. The number of carbonyl (C=O) groups is 1.